The van der Waals surface area contributed by atoms with Crippen LogP contribution in [0.15, 0.2) is 30.3 Å². The predicted molar refractivity (Wildman–Crippen MR) is 163 cm³/mol. The molecule has 2 aliphatic heterocycles. The molecular weight excluding hydrogens is 568 g/mol. The van der Waals surface area contributed by atoms with Crippen molar-refractivity contribution in [1.82, 2.24) is 19.5 Å². The maximum absolute atomic E-state index is 13.8. The van der Waals surface area contributed by atoms with E-state index < -0.39 is 24.0 Å². The standard InChI is InChI=1S/C32H30N4O8/c1-5-41-29(37)25-23-14-13-21(35-23)16-20-10-9-18(33-20)15-19-11-12-22(34-19)17-24-26(30(38)42-6-2)27(31(39)43-7-3)28(25)36(24)32(40)44-8-4/h9-17,33H,5-8H2,1-4H3. The fourth-order valence-electron chi connectivity index (χ4n) is 4.89. The molecule has 0 unspecified atom stereocenters. The molecule has 1 N–H and O–H groups in total. The Labute approximate surface area is 251 Å². The second-order valence-corrected chi connectivity index (χ2v) is 9.41. The van der Waals surface area contributed by atoms with Gasteiger partial charge in [-0.3, -0.25) is 0 Å². The number of rotatable bonds is 7. The molecule has 0 radical (unpaired) electrons. The summed E-state index contributed by atoms with van der Waals surface area (Å²) in [6, 6.07) is 8.78. The number of nitrogens with one attached hydrogen (secondary N) is 1. The van der Waals surface area contributed by atoms with E-state index in [1.54, 1.807) is 58.1 Å². The van der Waals surface area contributed by atoms with E-state index in [2.05, 4.69) is 15.0 Å². The van der Waals surface area contributed by atoms with Gasteiger partial charge >= 0.3 is 24.0 Å². The molecule has 3 aromatic rings. The van der Waals surface area contributed by atoms with Gasteiger partial charge < -0.3 is 23.9 Å². The summed E-state index contributed by atoms with van der Waals surface area (Å²) in [5.74, 6) is -2.78. The van der Waals surface area contributed by atoms with Gasteiger partial charge in [0.15, 0.2) is 0 Å². The minimum Gasteiger partial charge on any atom is -0.462 e. The zero-order chi connectivity index (χ0) is 31.4. The third-order valence-electron chi connectivity index (χ3n) is 6.56. The lowest BCUT2D eigenvalue weighted by Gasteiger charge is -2.10. The van der Waals surface area contributed by atoms with Crippen LogP contribution in [0.1, 0.15) is 81.5 Å². The van der Waals surface area contributed by atoms with Gasteiger partial charge in [-0.2, -0.15) is 0 Å². The van der Waals surface area contributed by atoms with Gasteiger partial charge in [0.05, 0.1) is 60.2 Å². The largest absolute Gasteiger partial charge is 0.462 e. The number of aromatic amines is 1. The zero-order valence-electron chi connectivity index (χ0n) is 24.6. The van der Waals surface area contributed by atoms with Crippen molar-refractivity contribution >= 4 is 70.4 Å². The van der Waals surface area contributed by atoms with Crippen LogP contribution < -0.4 is 0 Å². The van der Waals surface area contributed by atoms with Crippen LogP contribution >= 0.6 is 0 Å². The molecule has 0 spiro atoms. The quantitative estimate of drug-likeness (QED) is 0.183. The first-order valence-corrected chi connectivity index (χ1v) is 14.1. The predicted octanol–water partition coefficient (Wildman–Crippen LogP) is 5.66. The van der Waals surface area contributed by atoms with E-state index in [9.17, 15) is 19.2 Å². The Morgan fingerprint density at radius 3 is 1.73 bits per heavy atom. The Morgan fingerprint density at radius 1 is 0.636 bits per heavy atom. The Kier molecular flexibility index (Phi) is 8.70. The van der Waals surface area contributed by atoms with Crippen LogP contribution in [0.5, 0.6) is 0 Å². The summed E-state index contributed by atoms with van der Waals surface area (Å²) in [5.41, 5.74) is 1.68. The van der Waals surface area contributed by atoms with Gasteiger partial charge in [-0.05, 0) is 82.3 Å². The van der Waals surface area contributed by atoms with E-state index in [0.29, 0.717) is 17.1 Å². The first-order valence-electron chi connectivity index (χ1n) is 14.1. The number of fused-ring (bicyclic) bond motifs is 8. The van der Waals surface area contributed by atoms with Crippen molar-refractivity contribution in [2.24, 2.45) is 0 Å². The molecule has 0 aromatic carbocycles. The monoisotopic (exact) mass is 598 g/mol. The van der Waals surface area contributed by atoms with Gasteiger partial charge in [-0.1, -0.05) is 0 Å². The molecule has 44 heavy (non-hydrogen) atoms. The van der Waals surface area contributed by atoms with Crippen molar-refractivity contribution in [3.63, 3.8) is 0 Å². The lowest BCUT2D eigenvalue weighted by molar-refractivity contribution is 0.0482. The molecular formula is C32H30N4O8. The number of carbonyl (C=O) groups excluding carboxylic acids is 4. The third kappa shape index (κ3) is 5.74. The van der Waals surface area contributed by atoms with Gasteiger partial charge in [-0.25, -0.2) is 33.7 Å². The Morgan fingerprint density at radius 2 is 1.14 bits per heavy atom. The molecule has 0 aliphatic carbocycles. The number of nitrogens with zero attached hydrogens (tertiary/aromatic N) is 3. The van der Waals surface area contributed by atoms with Crippen molar-refractivity contribution in [2.75, 3.05) is 26.4 Å². The third-order valence-corrected chi connectivity index (χ3v) is 6.56. The molecule has 8 bridgehead atoms. The highest BCUT2D eigenvalue weighted by atomic mass is 16.6. The first kappa shape index (κ1) is 30.0. The molecule has 5 heterocycles. The first-order chi connectivity index (χ1) is 21.3. The zero-order valence-corrected chi connectivity index (χ0v) is 24.6. The van der Waals surface area contributed by atoms with E-state index in [1.807, 2.05) is 18.2 Å². The minimum atomic E-state index is -0.968. The fraction of sp³-hybridized carbons (Fsp3) is 0.250. The minimum absolute atomic E-state index is 0.0252. The highest BCUT2D eigenvalue weighted by Crippen LogP contribution is 2.33. The Bertz CT molecular complexity index is 1900. The van der Waals surface area contributed by atoms with E-state index in [1.165, 1.54) is 6.07 Å². The van der Waals surface area contributed by atoms with Gasteiger partial charge in [-0.15, -0.1) is 0 Å². The number of carbonyl (C=O) groups is 4. The molecule has 0 fully saturated rings. The molecule has 226 valence electrons. The van der Waals surface area contributed by atoms with Gasteiger partial charge in [0, 0.05) is 11.0 Å². The van der Waals surface area contributed by atoms with Crippen LogP contribution in [0.2, 0.25) is 0 Å². The molecule has 0 saturated heterocycles. The molecule has 0 atom stereocenters. The average Bonchev–Trinajstić information content (AvgIpc) is 3.78. The normalized spacial score (nSPS) is 11.7. The number of aromatic nitrogens is 4. The lowest BCUT2D eigenvalue weighted by Crippen LogP contribution is -2.18. The van der Waals surface area contributed by atoms with Crippen molar-refractivity contribution in [2.45, 2.75) is 27.7 Å². The van der Waals surface area contributed by atoms with Gasteiger partial charge in [0.1, 0.15) is 16.7 Å². The highest BCUT2D eigenvalue weighted by molar-refractivity contribution is 6.19. The summed E-state index contributed by atoms with van der Waals surface area (Å²) < 4.78 is 22.5. The van der Waals surface area contributed by atoms with Crippen molar-refractivity contribution in [3.8, 4) is 0 Å². The van der Waals surface area contributed by atoms with Crippen molar-refractivity contribution < 1.29 is 38.1 Å². The molecule has 2 aliphatic rings. The Balaban J connectivity index is 2.12. The molecule has 0 saturated carbocycles. The van der Waals surface area contributed by atoms with E-state index >= 15 is 0 Å². The Hall–Kier alpha value is -5.52. The van der Waals surface area contributed by atoms with Crippen LogP contribution in [0.25, 0.3) is 46.4 Å². The molecule has 12 heteroatoms. The van der Waals surface area contributed by atoms with Crippen LogP contribution in [-0.4, -0.2) is 69.9 Å². The summed E-state index contributed by atoms with van der Waals surface area (Å²) in [6.45, 7) is 6.24. The topological polar surface area (TPSA) is 152 Å². The number of hydrogen-bond donors (Lipinski definition) is 1. The number of ether oxygens (including phenoxy) is 4. The smallest absolute Gasteiger partial charge is 0.419 e. The maximum atomic E-state index is 13.8. The second kappa shape index (κ2) is 12.8. The fourth-order valence-corrected chi connectivity index (χ4v) is 4.89. The number of hydrogen-bond acceptors (Lipinski definition) is 10. The molecule has 5 rings (SSSR count). The number of esters is 3. The summed E-state index contributed by atoms with van der Waals surface area (Å²) in [4.78, 5) is 67.4. The van der Waals surface area contributed by atoms with E-state index in [0.717, 1.165) is 15.6 Å². The summed E-state index contributed by atoms with van der Waals surface area (Å²) in [7, 11) is 0. The number of H-pyrrole nitrogens is 1. The second-order valence-electron chi connectivity index (χ2n) is 9.41. The summed E-state index contributed by atoms with van der Waals surface area (Å²) in [6.07, 6.45) is 5.70. The summed E-state index contributed by atoms with van der Waals surface area (Å²) in [5, 5.41) is 0. The molecule has 0 amide bonds. The van der Waals surface area contributed by atoms with E-state index in [-0.39, 0.29) is 59.8 Å². The van der Waals surface area contributed by atoms with Crippen LogP contribution in [0.3, 0.4) is 0 Å². The molecule has 12 nitrogen and oxygen atoms in total. The average molecular weight is 599 g/mol. The van der Waals surface area contributed by atoms with Crippen LogP contribution in [0.4, 0.5) is 4.79 Å². The van der Waals surface area contributed by atoms with E-state index in [4.69, 9.17) is 18.9 Å². The van der Waals surface area contributed by atoms with Gasteiger partial charge in [0.2, 0.25) is 0 Å². The van der Waals surface area contributed by atoms with Crippen LogP contribution in [0, 0.1) is 0 Å². The highest BCUT2D eigenvalue weighted by Gasteiger charge is 2.35. The summed E-state index contributed by atoms with van der Waals surface area (Å²) >= 11 is 0. The lowest BCUT2D eigenvalue weighted by atomic mass is 10.1. The van der Waals surface area contributed by atoms with Gasteiger partial charge in [0.25, 0.3) is 0 Å². The van der Waals surface area contributed by atoms with Crippen molar-refractivity contribution in [3.05, 3.63) is 69.8 Å². The molecule has 3 aromatic heterocycles. The van der Waals surface area contributed by atoms with Crippen molar-refractivity contribution in [1.29, 1.82) is 0 Å². The maximum Gasteiger partial charge on any atom is 0.419 e. The van der Waals surface area contributed by atoms with Crippen LogP contribution in [-0.2, 0) is 18.9 Å². The SMILES string of the molecule is CCOC(=O)c1c(C(=O)OCC)c2c(C(=O)OCC)c3nc(cc4ccc(cc5nc(cc1n2C(=O)OCC)C=C5)[nH]4)C=C3.